The second kappa shape index (κ2) is 6.04. The Labute approximate surface area is 123 Å². The van der Waals surface area contributed by atoms with Crippen LogP contribution in [-0.2, 0) is 11.0 Å². The number of alkyl halides is 3. The summed E-state index contributed by atoms with van der Waals surface area (Å²) in [6, 6.07) is 5.44. The molecule has 118 valence electrons. The number of aromatic nitrogens is 3. The number of aryl methyl sites for hydroxylation is 2. The van der Waals surface area contributed by atoms with E-state index in [1.165, 1.54) is 0 Å². The predicted octanol–water partition coefficient (Wildman–Crippen LogP) is 2.46. The summed E-state index contributed by atoms with van der Waals surface area (Å²) in [7, 11) is 0. The number of carbonyl (C=O) groups is 1. The van der Waals surface area contributed by atoms with Gasteiger partial charge in [0.05, 0.1) is 0 Å². The first kappa shape index (κ1) is 15.8. The van der Waals surface area contributed by atoms with Gasteiger partial charge in [-0.25, -0.2) is 0 Å². The maximum Gasteiger partial charge on any atom is 0.451 e. The van der Waals surface area contributed by atoms with Crippen molar-refractivity contribution < 1.29 is 22.7 Å². The molecule has 0 fully saturated rings. The lowest BCUT2D eigenvalue weighted by Gasteiger charge is -2.07. The number of nitrogens with zero attached hydrogens (tertiary/aromatic N) is 2. The van der Waals surface area contributed by atoms with Gasteiger partial charge in [-0.1, -0.05) is 6.07 Å². The summed E-state index contributed by atoms with van der Waals surface area (Å²) in [6.07, 6.45) is -4.65. The van der Waals surface area contributed by atoms with Crippen LogP contribution >= 0.6 is 0 Å². The highest BCUT2D eigenvalue weighted by molar-refractivity contribution is 5.90. The number of hydrogen-bond acceptors (Lipinski definition) is 4. The number of ether oxygens (including phenoxy) is 1. The van der Waals surface area contributed by atoms with Crippen molar-refractivity contribution >= 4 is 11.9 Å². The summed E-state index contributed by atoms with van der Waals surface area (Å²) in [4.78, 5) is 13.5. The molecule has 1 amide bonds. The Morgan fingerprint density at radius 3 is 2.41 bits per heavy atom. The summed E-state index contributed by atoms with van der Waals surface area (Å²) >= 11 is 0. The molecule has 6 nitrogen and oxygen atoms in total. The molecular formula is C13H13F3N4O2. The van der Waals surface area contributed by atoms with E-state index >= 15 is 0 Å². The Hall–Kier alpha value is -2.58. The molecule has 0 aliphatic heterocycles. The quantitative estimate of drug-likeness (QED) is 0.908. The number of amides is 1. The topological polar surface area (TPSA) is 79.9 Å². The van der Waals surface area contributed by atoms with Crippen molar-refractivity contribution in [2.75, 3.05) is 11.9 Å². The number of anilines is 1. The Kier molecular flexibility index (Phi) is 4.34. The van der Waals surface area contributed by atoms with E-state index in [2.05, 4.69) is 15.5 Å². The third-order valence-corrected chi connectivity index (χ3v) is 2.58. The SMILES string of the molecule is Cc1cc(C)cc(OCC(=O)Nc2nnc(C(F)(F)F)[nH]2)c1. The summed E-state index contributed by atoms with van der Waals surface area (Å²) in [6.45, 7) is 3.41. The third-order valence-electron chi connectivity index (χ3n) is 2.58. The lowest BCUT2D eigenvalue weighted by Crippen LogP contribution is -2.21. The minimum atomic E-state index is -4.65. The van der Waals surface area contributed by atoms with Crippen LogP contribution < -0.4 is 10.1 Å². The average Bonchev–Trinajstić information content (AvgIpc) is 2.83. The lowest BCUT2D eigenvalue weighted by molar-refractivity contribution is -0.144. The number of carbonyl (C=O) groups excluding carboxylic acids is 1. The molecule has 1 aromatic carbocycles. The lowest BCUT2D eigenvalue weighted by atomic mass is 10.1. The van der Waals surface area contributed by atoms with Crippen LogP contribution in [-0.4, -0.2) is 27.7 Å². The molecule has 0 saturated heterocycles. The van der Waals surface area contributed by atoms with Crippen molar-refractivity contribution in [2.45, 2.75) is 20.0 Å². The fourth-order valence-electron chi connectivity index (χ4n) is 1.78. The molecule has 0 aliphatic carbocycles. The minimum absolute atomic E-state index is 0.356. The van der Waals surface area contributed by atoms with Crippen LogP contribution in [0.3, 0.4) is 0 Å². The third kappa shape index (κ3) is 4.21. The van der Waals surface area contributed by atoms with E-state index in [0.717, 1.165) is 11.1 Å². The number of aromatic amines is 1. The van der Waals surface area contributed by atoms with Crippen LogP contribution in [0.15, 0.2) is 18.2 Å². The summed E-state index contributed by atoms with van der Waals surface area (Å²) in [5, 5.41) is 8.23. The van der Waals surface area contributed by atoms with E-state index in [9.17, 15) is 18.0 Å². The van der Waals surface area contributed by atoms with Crippen LogP contribution in [0.25, 0.3) is 0 Å². The predicted molar refractivity (Wildman–Crippen MR) is 71.4 cm³/mol. The van der Waals surface area contributed by atoms with Gasteiger partial charge in [0.1, 0.15) is 5.75 Å². The van der Waals surface area contributed by atoms with Crippen molar-refractivity contribution in [1.82, 2.24) is 15.2 Å². The molecule has 9 heteroatoms. The summed E-state index contributed by atoms with van der Waals surface area (Å²) < 4.78 is 42.2. The monoisotopic (exact) mass is 314 g/mol. The Bertz CT molecular complexity index is 662. The zero-order valence-corrected chi connectivity index (χ0v) is 11.8. The fourth-order valence-corrected chi connectivity index (χ4v) is 1.78. The van der Waals surface area contributed by atoms with Gasteiger partial charge in [-0.3, -0.25) is 10.1 Å². The van der Waals surface area contributed by atoms with E-state index in [-0.39, 0.29) is 12.6 Å². The maximum atomic E-state index is 12.3. The van der Waals surface area contributed by atoms with Gasteiger partial charge in [-0.15, -0.1) is 10.2 Å². The number of benzene rings is 1. The minimum Gasteiger partial charge on any atom is -0.484 e. The van der Waals surface area contributed by atoms with Gasteiger partial charge in [-0.2, -0.15) is 13.2 Å². The number of rotatable bonds is 4. The zero-order valence-electron chi connectivity index (χ0n) is 11.8. The first-order valence-electron chi connectivity index (χ1n) is 6.25. The van der Waals surface area contributed by atoms with Gasteiger partial charge in [-0.05, 0) is 37.1 Å². The van der Waals surface area contributed by atoms with Crippen molar-refractivity contribution in [3.63, 3.8) is 0 Å². The number of halogens is 3. The van der Waals surface area contributed by atoms with E-state index < -0.39 is 17.9 Å². The van der Waals surface area contributed by atoms with E-state index in [1.54, 1.807) is 12.1 Å². The van der Waals surface area contributed by atoms with E-state index in [0.29, 0.717) is 5.75 Å². The van der Waals surface area contributed by atoms with Gasteiger partial charge >= 0.3 is 6.18 Å². The van der Waals surface area contributed by atoms with E-state index in [4.69, 9.17) is 4.74 Å². The highest BCUT2D eigenvalue weighted by Crippen LogP contribution is 2.26. The maximum absolute atomic E-state index is 12.3. The molecule has 2 rings (SSSR count). The second-order valence-electron chi connectivity index (χ2n) is 4.68. The largest absolute Gasteiger partial charge is 0.484 e. The fraction of sp³-hybridized carbons (Fsp3) is 0.308. The zero-order chi connectivity index (χ0) is 16.3. The molecule has 0 aliphatic rings. The molecule has 1 aromatic heterocycles. The van der Waals surface area contributed by atoms with Gasteiger partial charge in [0.15, 0.2) is 6.61 Å². The molecule has 0 bridgehead atoms. The van der Waals surface area contributed by atoms with Gasteiger partial charge in [0.25, 0.3) is 5.91 Å². The average molecular weight is 314 g/mol. The Morgan fingerprint density at radius 1 is 1.23 bits per heavy atom. The number of nitrogens with one attached hydrogen (secondary N) is 2. The van der Waals surface area contributed by atoms with E-state index in [1.807, 2.05) is 24.9 Å². The summed E-state index contributed by atoms with van der Waals surface area (Å²) in [5.74, 6) is -1.82. The molecule has 2 N–H and O–H groups in total. The first-order chi connectivity index (χ1) is 10.2. The van der Waals surface area contributed by atoms with Crippen LogP contribution in [0.1, 0.15) is 17.0 Å². The molecular weight excluding hydrogens is 301 g/mol. The van der Waals surface area contributed by atoms with Crippen LogP contribution in [0.5, 0.6) is 5.75 Å². The number of H-pyrrole nitrogens is 1. The molecule has 2 aromatic rings. The highest BCUT2D eigenvalue weighted by atomic mass is 19.4. The van der Waals surface area contributed by atoms with Crippen molar-refractivity contribution in [3.05, 3.63) is 35.2 Å². The normalized spacial score (nSPS) is 11.3. The van der Waals surface area contributed by atoms with Crippen LogP contribution in [0.2, 0.25) is 0 Å². The van der Waals surface area contributed by atoms with Crippen molar-refractivity contribution in [2.24, 2.45) is 0 Å². The molecule has 22 heavy (non-hydrogen) atoms. The Balaban J connectivity index is 1.92. The molecule has 0 saturated carbocycles. The smallest absolute Gasteiger partial charge is 0.451 e. The first-order valence-corrected chi connectivity index (χ1v) is 6.25. The van der Waals surface area contributed by atoms with Gasteiger partial charge in [0, 0.05) is 0 Å². The molecule has 0 unspecified atom stereocenters. The Morgan fingerprint density at radius 2 is 1.86 bits per heavy atom. The van der Waals surface area contributed by atoms with Gasteiger partial charge < -0.3 is 9.72 Å². The van der Waals surface area contributed by atoms with Crippen LogP contribution in [0, 0.1) is 13.8 Å². The van der Waals surface area contributed by atoms with Crippen LogP contribution in [0.4, 0.5) is 19.1 Å². The molecule has 0 radical (unpaired) electrons. The highest BCUT2D eigenvalue weighted by Gasteiger charge is 2.35. The molecule has 0 atom stereocenters. The van der Waals surface area contributed by atoms with Gasteiger partial charge in [0.2, 0.25) is 11.8 Å². The van der Waals surface area contributed by atoms with Crippen molar-refractivity contribution in [3.8, 4) is 5.75 Å². The molecule has 0 spiro atoms. The standard InChI is InChI=1S/C13H13F3N4O2/c1-7-3-8(2)5-9(4-7)22-6-10(21)17-12-18-11(19-20-12)13(14,15)16/h3-5H,6H2,1-2H3,(H2,17,18,19,20,21). The summed E-state index contributed by atoms with van der Waals surface area (Å²) in [5.41, 5.74) is 1.95. The number of hydrogen-bond donors (Lipinski definition) is 2. The van der Waals surface area contributed by atoms with Crippen molar-refractivity contribution in [1.29, 1.82) is 0 Å². The molecule has 1 heterocycles. The second-order valence-corrected chi connectivity index (χ2v) is 4.68.